The van der Waals surface area contributed by atoms with E-state index in [1.807, 2.05) is 0 Å². The van der Waals surface area contributed by atoms with Crippen molar-refractivity contribution in [2.24, 2.45) is 0 Å². The average Bonchev–Trinajstić information content (AvgIpc) is 2.39. The summed E-state index contributed by atoms with van der Waals surface area (Å²) in [4.78, 5) is 0. The molecular weight excluding hydrogens is 252 g/mol. The highest BCUT2D eigenvalue weighted by molar-refractivity contribution is 7.92. The van der Waals surface area contributed by atoms with Gasteiger partial charge in [0.05, 0.1) is 18.5 Å². The van der Waals surface area contributed by atoms with Crippen LogP contribution in [-0.2, 0) is 9.84 Å². The number of aliphatic hydroxyl groups is 1. The molecule has 0 spiro atoms. The predicted molar refractivity (Wildman–Crippen MR) is 71.5 cm³/mol. The summed E-state index contributed by atoms with van der Waals surface area (Å²) in [6.45, 7) is 3.36. The molecular formula is C13H20O4S. The van der Waals surface area contributed by atoms with Crippen molar-refractivity contribution in [3.05, 3.63) is 29.8 Å². The summed E-state index contributed by atoms with van der Waals surface area (Å²) in [5.41, 5.74) is 0.597. The number of methoxy groups -OCH3 is 1. The molecule has 0 radical (unpaired) electrons. The van der Waals surface area contributed by atoms with Gasteiger partial charge >= 0.3 is 0 Å². The Morgan fingerprint density at radius 2 is 1.78 bits per heavy atom. The summed E-state index contributed by atoms with van der Waals surface area (Å²) in [7, 11) is -1.70. The average molecular weight is 272 g/mol. The van der Waals surface area contributed by atoms with Crippen molar-refractivity contribution in [3.63, 3.8) is 0 Å². The Hall–Kier alpha value is -1.07. The van der Waals surface area contributed by atoms with Crippen LogP contribution in [0, 0.1) is 0 Å². The molecule has 1 N–H and O–H groups in total. The summed E-state index contributed by atoms with van der Waals surface area (Å²) >= 11 is 0. The molecule has 1 rings (SSSR count). The molecule has 0 aromatic heterocycles. The molecule has 1 aromatic rings. The molecule has 2 atom stereocenters. The van der Waals surface area contributed by atoms with E-state index in [0.717, 1.165) is 0 Å². The fourth-order valence-electron chi connectivity index (χ4n) is 1.90. The second-order valence-corrected chi connectivity index (χ2v) is 6.62. The van der Waals surface area contributed by atoms with E-state index in [1.54, 1.807) is 45.2 Å². The van der Waals surface area contributed by atoms with E-state index < -0.39 is 21.2 Å². The fraction of sp³-hybridized carbons (Fsp3) is 0.538. The van der Waals surface area contributed by atoms with Gasteiger partial charge in [0.25, 0.3) is 0 Å². The topological polar surface area (TPSA) is 63.6 Å². The molecule has 0 saturated carbocycles. The first-order valence-electron chi connectivity index (χ1n) is 5.99. The zero-order chi connectivity index (χ0) is 13.8. The molecule has 0 fully saturated rings. The van der Waals surface area contributed by atoms with Crippen molar-refractivity contribution in [1.29, 1.82) is 0 Å². The molecule has 0 aliphatic carbocycles. The Morgan fingerprint density at radius 1 is 1.22 bits per heavy atom. The maximum Gasteiger partial charge on any atom is 0.155 e. The molecule has 5 heteroatoms. The number of ether oxygens (including phenoxy) is 1. The Labute approximate surface area is 109 Å². The standard InChI is InChI=1S/C13H20O4S/c1-4-12(18(15,16)5-2)13(14)10-6-8-11(17-3)9-7-10/h6-9,12-14H,4-5H2,1-3H3. The van der Waals surface area contributed by atoms with Crippen molar-refractivity contribution in [3.8, 4) is 5.75 Å². The van der Waals surface area contributed by atoms with Crippen LogP contribution in [0.3, 0.4) is 0 Å². The lowest BCUT2D eigenvalue weighted by atomic mass is 10.0. The van der Waals surface area contributed by atoms with E-state index in [1.165, 1.54) is 0 Å². The minimum atomic E-state index is -3.25. The molecule has 0 bridgehead atoms. The summed E-state index contributed by atoms with van der Waals surface area (Å²) < 4.78 is 28.8. The lowest BCUT2D eigenvalue weighted by molar-refractivity contribution is 0.169. The van der Waals surface area contributed by atoms with Gasteiger partial charge in [-0.15, -0.1) is 0 Å². The van der Waals surface area contributed by atoms with Gasteiger partial charge in [0.15, 0.2) is 9.84 Å². The van der Waals surface area contributed by atoms with Gasteiger partial charge < -0.3 is 9.84 Å². The Morgan fingerprint density at radius 3 is 2.17 bits per heavy atom. The van der Waals surface area contributed by atoms with Crippen molar-refractivity contribution in [1.82, 2.24) is 0 Å². The largest absolute Gasteiger partial charge is 0.497 e. The van der Waals surface area contributed by atoms with Crippen LogP contribution in [0.15, 0.2) is 24.3 Å². The quantitative estimate of drug-likeness (QED) is 0.859. The molecule has 102 valence electrons. The van der Waals surface area contributed by atoms with Gasteiger partial charge in [0, 0.05) is 5.75 Å². The maximum atomic E-state index is 11.9. The van der Waals surface area contributed by atoms with Gasteiger partial charge in [-0.25, -0.2) is 8.42 Å². The molecule has 18 heavy (non-hydrogen) atoms. The molecule has 0 saturated heterocycles. The first kappa shape index (κ1) is 15.0. The second kappa shape index (κ2) is 6.20. The van der Waals surface area contributed by atoms with Gasteiger partial charge in [0.2, 0.25) is 0 Å². The van der Waals surface area contributed by atoms with Crippen LogP contribution >= 0.6 is 0 Å². The van der Waals surface area contributed by atoms with E-state index in [9.17, 15) is 13.5 Å². The molecule has 0 aliphatic rings. The minimum Gasteiger partial charge on any atom is -0.497 e. The van der Waals surface area contributed by atoms with Crippen LogP contribution < -0.4 is 4.74 Å². The van der Waals surface area contributed by atoms with Gasteiger partial charge in [-0.3, -0.25) is 0 Å². The second-order valence-electron chi connectivity index (χ2n) is 4.12. The minimum absolute atomic E-state index is 0.0404. The van der Waals surface area contributed by atoms with Crippen LogP contribution in [0.4, 0.5) is 0 Å². The normalized spacial score (nSPS) is 15.1. The van der Waals surface area contributed by atoms with Gasteiger partial charge in [0.1, 0.15) is 5.75 Å². The van der Waals surface area contributed by atoms with E-state index in [-0.39, 0.29) is 5.75 Å². The van der Waals surface area contributed by atoms with Crippen LogP contribution in [0.5, 0.6) is 5.75 Å². The maximum absolute atomic E-state index is 11.9. The third-order valence-corrected chi connectivity index (χ3v) is 5.39. The number of hydrogen-bond donors (Lipinski definition) is 1. The first-order valence-corrected chi connectivity index (χ1v) is 7.71. The molecule has 0 heterocycles. The predicted octanol–water partition coefficient (Wildman–Crippen LogP) is 1.94. The molecule has 2 unspecified atom stereocenters. The molecule has 4 nitrogen and oxygen atoms in total. The SMILES string of the molecule is CCC(C(O)c1ccc(OC)cc1)S(=O)(=O)CC. The summed E-state index contributed by atoms with van der Waals surface area (Å²) in [6, 6.07) is 6.81. The molecule has 0 aliphatic heterocycles. The highest BCUT2D eigenvalue weighted by Crippen LogP contribution is 2.26. The number of aliphatic hydroxyl groups excluding tert-OH is 1. The van der Waals surface area contributed by atoms with E-state index >= 15 is 0 Å². The Bertz CT molecular complexity index is 464. The fourth-order valence-corrected chi connectivity index (χ4v) is 3.39. The summed E-state index contributed by atoms with van der Waals surface area (Å²) in [5.74, 6) is 0.718. The highest BCUT2D eigenvalue weighted by atomic mass is 32.2. The third-order valence-electron chi connectivity index (χ3n) is 3.08. The summed E-state index contributed by atoms with van der Waals surface area (Å²) in [5, 5.41) is 9.44. The first-order chi connectivity index (χ1) is 8.46. The lowest BCUT2D eigenvalue weighted by Gasteiger charge is -2.21. The number of benzene rings is 1. The lowest BCUT2D eigenvalue weighted by Crippen LogP contribution is -2.29. The van der Waals surface area contributed by atoms with E-state index in [2.05, 4.69) is 0 Å². The highest BCUT2D eigenvalue weighted by Gasteiger charge is 2.30. The van der Waals surface area contributed by atoms with Crippen LogP contribution in [-0.4, -0.2) is 31.6 Å². The van der Waals surface area contributed by atoms with E-state index in [0.29, 0.717) is 17.7 Å². The number of rotatable bonds is 6. The van der Waals surface area contributed by atoms with Crippen LogP contribution in [0.2, 0.25) is 0 Å². The van der Waals surface area contributed by atoms with Crippen molar-refractivity contribution < 1.29 is 18.3 Å². The Balaban J connectivity index is 3.00. The van der Waals surface area contributed by atoms with Gasteiger partial charge in [-0.2, -0.15) is 0 Å². The molecule has 0 amide bonds. The Kier molecular flexibility index (Phi) is 5.16. The van der Waals surface area contributed by atoms with Crippen molar-refractivity contribution >= 4 is 9.84 Å². The van der Waals surface area contributed by atoms with Gasteiger partial charge in [-0.1, -0.05) is 26.0 Å². The van der Waals surface area contributed by atoms with Crippen LogP contribution in [0.1, 0.15) is 31.9 Å². The summed E-state index contributed by atoms with van der Waals surface area (Å²) in [6.07, 6.45) is -0.602. The monoisotopic (exact) mass is 272 g/mol. The van der Waals surface area contributed by atoms with Crippen molar-refractivity contribution in [2.75, 3.05) is 12.9 Å². The number of sulfone groups is 1. The molecule has 1 aromatic carbocycles. The van der Waals surface area contributed by atoms with Gasteiger partial charge in [-0.05, 0) is 24.1 Å². The zero-order valence-electron chi connectivity index (χ0n) is 11.0. The third kappa shape index (κ3) is 3.23. The van der Waals surface area contributed by atoms with Crippen molar-refractivity contribution in [2.45, 2.75) is 31.6 Å². The number of hydrogen-bond acceptors (Lipinski definition) is 4. The smallest absolute Gasteiger partial charge is 0.155 e. The zero-order valence-corrected chi connectivity index (χ0v) is 11.8. The van der Waals surface area contributed by atoms with Crippen LogP contribution in [0.25, 0.3) is 0 Å². The van der Waals surface area contributed by atoms with E-state index in [4.69, 9.17) is 4.74 Å².